The lowest BCUT2D eigenvalue weighted by Crippen LogP contribution is -2.51. The van der Waals surface area contributed by atoms with Crippen LogP contribution in [0.3, 0.4) is 0 Å². The van der Waals surface area contributed by atoms with E-state index in [2.05, 4.69) is 28.4 Å². The Bertz CT molecular complexity index is 1010. The van der Waals surface area contributed by atoms with Crippen molar-refractivity contribution >= 4 is 17.7 Å². The highest BCUT2D eigenvalue weighted by Gasteiger charge is 2.44. The number of esters is 1. The molecule has 154 valence electrons. The number of hydrogen-bond acceptors (Lipinski definition) is 4. The van der Waals surface area contributed by atoms with Gasteiger partial charge in [0.2, 0.25) is 0 Å². The molecule has 6 nitrogen and oxygen atoms in total. The van der Waals surface area contributed by atoms with E-state index >= 15 is 0 Å². The van der Waals surface area contributed by atoms with Gasteiger partial charge >= 0.3 is 12.0 Å². The predicted molar refractivity (Wildman–Crippen MR) is 114 cm³/mol. The predicted octanol–water partition coefficient (Wildman–Crippen LogP) is 3.41. The van der Waals surface area contributed by atoms with Gasteiger partial charge in [-0.1, -0.05) is 48.5 Å². The van der Waals surface area contributed by atoms with Crippen LogP contribution in [0.15, 0.2) is 65.9 Å². The summed E-state index contributed by atoms with van der Waals surface area (Å²) in [4.78, 5) is 30.2. The van der Waals surface area contributed by atoms with Crippen molar-refractivity contribution in [3.05, 3.63) is 77.0 Å². The summed E-state index contributed by atoms with van der Waals surface area (Å²) >= 11 is 0. The molecule has 2 aromatic carbocycles. The lowest BCUT2D eigenvalue weighted by molar-refractivity contribution is -0.136. The topological polar surface area (TPSA) is 61.9 Å². The van der Waals surface area contributed by atoms with Gasteiger partial charge in [0.25, 0.3) is 0 Å². The normalized spacial score (nSPS) is 20.8. The van der Waals surface area contributed by atoms with Crippen molar-refractivity contribution in [2.75, 3.05) is 25.1 Å². The van der Waals surface area contributed by atoms with Gasteiger partial charge in [-0.05, 0) is 36.5 Å². The molecule has 2 heterocycles. The summed E-state index contributed by atoms with van der Waals surface area (Å²) < 4.78 is 5.20. The molecule has 6 heteroatoms. The third-order valence-electron chi connectivity index (χ3n) is 6.15. The Hall–Kier alpha value is -3.28. The van der Waals surface area contributed by atoms with Gasteiger partial charge in [0.05, 0.1) is 31.0 Å². The molecule has 0 bridgehead atoms. The van der Waals surface area contributed by atoms with Gasteiger partial charge in [-0.25, -0.2) is 9.59 Å². The molecule has 0 aromatic heterocycles. The molecule has 5 rings (SSSR count). The number of nitrogens with zero attached hydrogens (tertiary/aromatic N) is 2. The third-order valence-corrected chi connectivity index (χ3v) is 6.15. The highest BCUT2D eigenvalue weighted by atomic mass is 16.5. The summed E-state index contributed by atoms with van der Waals surface area (Å²) in [6, 6.07) is 17.5. The molecule has 2 aromatic rings. The monoisotopic (exact) mass is 403 g/mol. The van der Waals surface area contributed by atoms with Crippen LogP contribution in [0, 0.1) is 0 Å². The first-order chi connectivity index (χ1) is 14.7. The zero-order valence-electron chi connectivity index (χ0n) is 17.0. The van der Waals surface area contributed by atoms with E-state index in [-0.39, 0.29) is 12.1 Å². The highest BCUT2D eigenvalue weighted by molar-refractivity contribution is 5.95. The Balaban J connectivity index is 1.61. The summed E-state index contributed by atoms with van der Waals surface area (Å²) in [6.45, 7) is 1.38. The first kappa shape index (κ1) is 18.7. The Morgan fingerprint density at radius 3 is 2.57 bits per heavy atom. The zero-order valence-corrected chi connectivity index (χ0v) is 17.0. The number of ether oxygens (including phenoxy) is 1. The Morgan fingerprint density at radius 2 is 1.83 bits per heavy atom. The van der Waals surface area contributed by atoms with Gasteiger partial charge in [-0.3, -0.25) is 4.90 Å². The zero-order chi connectivity index (χ0) is 20.7. The summed E-state index contributed by atoms with van der Waals surface area (Å²) in [5.41, 5.74) is 4.64. The van der Waals surface area contributed by atoms with Crippen molar-refractivity contribution in [2.24, 2.45) is 0 Å². The van der Waals surface area contributed by atoms with Crippen molar-refractivity contribution in [1.82, 2.24) is 10.2 Å². The molecule has 0 spiro atoms. The first-order valence-corrected chi connectivity index (χ1v) is 10.5. The maximum atomic E-state index is 13.2. The van der Waals surface area contributed by atoms with Crippen LogP contribution in [0.4, 0.5) is 10.5 Å². The number of amides is 2. The summed E-state index contributed by atoms with van der Waals surface area (Å²) in [6.07, 6.45) is 2.88. The van der Waals surface area contributed by atoms with Gasteiger partial charge in [0, 0.05) is 18.3 Å². The number of rotatable bonds is 5. The van der Waals surface area contributed by atoms with Crippen LogP contribution in [0.2, 0.25) is 0 Å². The molecule has 0 saturated heterocycles. The molecule has 0 unspecified atom stereocenters. The number of benzene rings is 2. The van der Waals surface area contributed by atoms with Crippen molar-refractivity contribution in [1.29, 1.82) is 0 Å². The molecular formula is C24H25N3O3. The fourth-order valence-corrected chi connectivity index (χ4v) is 4.56. The van der Waals surface area contributed by atoms with Crippen molar-refractivity contribution in [3.63, 3.8) is 0 Å². The molecule has 1 aliphatic carbocycles. The van der Waals surface area contributed by atoms with E-state index in [9.17, 15) is 9.59 Å². The average molecular weight is 403 g/mol. The second-order valence-electron chi connectivity index (χ2n) is 8.05. The third kappa shape index (κ3) is 3.22. The molecule has 0 radical (unpaired) electrons. The van der Waals surface area contributed by atoms with E-state index in [4.69, 9.17) is 4.74 Å². The molecule has 3 aliphatic rings. The molecular weight excluding hydrogens is 378 g/mol. The van der Waals surface area contributed by atoms with Crippen LogP contribution in [-0.2, 0) is 16.0 Å². The summed E-state index contributed by atoms with van der Waals surface area (Å²) in [7, 11) is 1.40. The maximum Gasteiger partial charge on any atom is 0.338 e. The molecule has 1 fully saturated rings. The van der Waals surface area contributed by atoms with Gasteiger partial charge in [0.1, 0.15) is 0 Å². The van der Waals surface area contributed by atoms with Crippen molar-refractivity contribution < 1.29 is 14.3 Å². The van der Waals surface area contributed by atoms with Crippen LogP contribution in [0.5, 0.6) is 0 Å². The van der Waals surface area contributed by atoms with E-state index in [1.54, 1.807) is 4.90 Å². The van der Waals surface area contributed by atoms with Crippen LogP contribution in [0.25, 0.3) is 0 Å². The Labute approximate surface area is 176 Å². The van der Waals surface area contributed by atoms with E-state index in [0.29, 0.717) is 12.1 Å². The van der Waals surface area contributed by atoms with Crippen LogP contribution >= 0.6 is 0 Å². The van der Waals surface area contributed by atoms with Crippen LogP contribution in [0.1, 0.15) is 30.0 Å². The van der Waals surface area contributed by atoms with Crippen LogP contribution in [-0.4, -0.2) is 43.1 Å². The highest BCUT2D eigenvalue weighted by Crippen LogP contribution is 2.39. The second-order valence-corrected chi connectivity index (χ2v) is 8.05. The smallest absolute Gasteiger partial charge is 0.338 e. The number of carbonyl (C=O) groups is 2. The number of fused-ring (bicyclic) bond motifs is 1. The van der Waals surface area contributed by atoms with E-state index in [1.165, 1.54) is 18.4 Å². The van der Waals surface area contributed by atoms with E-state index in [1.807, 2.05) is 36.4 Å². The second kappa shape index (κ2) is 7.52. The average Bonchev–Trinajstić information content (AvgIpc) is 3.54. The fourth-order valence-electron chi connectivity index (χ4n) is 4.56. The molecule has 2 aliphatic heterocycles. The van der Waals surface area contributed by atoms with Crippen LogP contribution < -0.4 is 10.2 Å². The molecule has 1 saturated carbocycles. The molecule has 1 atom stereocenters. The quantitative estimate of drug-likeness (QED) is 0.778. The lowest BCUT2D eigenvalue weighted by Gasteiger charge is -2.38. The van der Waals surface area contributed by atoms with Crippen molar-refractivity contribution in [3.8, 4) is 0 Å². The first-order valence-electron chi connectivity index (χ1n) is 10.5. The summed E-state index contributed by atoms with van der Waals surface area (Å²) in [5, 5.41) is 3.05. The molecule has 2 amide bonds. The number of urea groups is 1. The fraction of sp³-hybridized carbons (Fsp3) is 0.333. The van der Waals surface area contributed by atoms with Gasteiger partial charge in [-0.15, -0.1) is 0 Å². The lowest BCUT2D eigenvalue weighted by atomic mass is 9.94. The number of hydrogen-bond donors (Lipinski definition) is 1. The minimum atomic E-state index is -0.519. The summed E-state index contributed by atoms with van der Waals surface area (Å²) in [5.74, 6) is -0.392. The van der Waals surface area contributed by atoms with E-state index < -0.39 is 12.0 Å². The van der Waals surface area contributed by atoms with Gasteiger partial charge in [0.15, 0.2) is 0 Å². The SMILES string of the molecule is COC(=O)C1=C(CN2CCc3ccccc32)N(C2CC2)C(=O)N[C@@H]1c1ccccc1. The number of para-hydroxylation sites is 1. The van der Waals surface area contributed by atoms with Gasteiger partial charge < -0.3 is 15.0 Å². The Kier molecular flexibility index (Phi) is 4.69. The largest absolute Gasteiger partial charge is 0.466 e. The molecule has 1 N–H and O–H groups in total. The number of anilines is 1. The minimum Gasteiger partial charge on any atom is -0.466 e. The standard InChI is InChI=1S/C24H25N3O3/c1-30-23(28)21-20(15-26-14-13-16-7-5-6-10-19(16)26)27(18-11-12-18)24(29)25-22(21)17-8-3-2-4-9-17/h2-10,18,22H,11-15H2,1H3,(H,25,29)/t22-/m1/s1. The maximum absolute atomic E-state index is 13.2. The van der Waals surface area contributed by atoms with Gasteiger partial charge in [-0.2, -0.15) is 0 Å². The minimum absolute atomic E-state index is 0.138. The Morgan fingerprint density at radius 1 is 1.10 bits per heavy atom. The number of carbonyl (C=O) groups excluding carboxylic acids is 2. The van der Waals surface area contributed by atoms with E-state index in [0.717, 1.165) is 37.1 Å². The number of methoxy groups -OCH3 is 1. The molecule has 30 heavy (non-hydrogen) atoms. The number of nitrogens with one attached hydrogen (secondary N) is 1. The van der Waals surface area contributed by atoms with Crippen molar-refractivity contribution in [2.45, 2.75) is 31.3 Å².